The number of thioether (sulfide) groups is 1. The molecule has 0 saturated heterocycles. The second kappa shape index (κ2) is 4.80. The van der Waals surface area contributed by atoms with Gasteiger partial charge in [-0.1, -0.05) is 18.2 Å². The average Bonchev–Trinajstić information content (AvgIpc) is 3.04. The third-order valence-corrected chi connectivity index (χ3v) is 5.01. The molecule has 0 aromatic heterocycles. The van der Waals surface area contributed by atoms with Crippen LogP contribution in [0.2, 0.25) is 0 Å². The summed E-state index contributed by atoms with van der Waals surface area (Å²) in [5.74, 6) is 0. The van der Waals surface area contributed by atoms with Gasteiger partial charge in [0.15, 0.2) is 0 Å². The van der Waals surface area contributed by atoms with Crippen LogP contribution >= 0.6 is 11.8 Å². The average molecular weight is 235 g/mol. The topological polar surface area (TPSA) is 12.0 Å². The summed E-state index contributed by atoms with van der Waals surface area (Å²) in [6.45, 7) is 6.51. The van der Waals surface area contributed by atoms with Crippen LogP contribution in [-0.2, 0) is 6.54 Å². The SMILES string of the molecule is CSC1(CNCc2ccc(C)c(C)c2)CC1. The van der Waals surface area contributed by atoms with Crippen molar-refractivity contribution in [3.05, 3.63) is 34.9 Å². The normalized spacial score (nSPS) is 17.4. The van der Waals surface area contributed by atoms with Crippen molar-refractivity contribution in [2.75, 3.05) is 12.8 Å². The van der Waals surface area contributed by atoms with Crippen LogP contribution in [0.3, 0.4) is 0 Å². The van der Waals surface area contributed by atoms with Gasteiger partial charge in [-0.05, 0) is 49.6 Å². The molecule has 1 aliphatic carbocycles. The monoisotopic (exact) mass is 235 g/mol. The molecule has 2 heteroatoms. The highest BCUT2D eigenvalue weighted by atomic mass is 32.2. The molecule has 0 unspecified atom stereocenters. The minimum Gasteiger partial charge on any atom is -0.311 e. The first-order valence-corrected chi connectivity index (χ1v) is 7.20. The Morgan fingerprint density at radius 1 is 1.25 bits per heavy atom. The molecule has 1 aromatic carbocycles. The lowest BCUT2D eigenvalue weighted by molar-refractivity contribution is 0.663. The van der Waals surface area contributed by atoms with Gasteiger partial charge in [0.2, 0.25) is 0 Å². The summed E-state index contributed by atoms with van der Waals surface area (Å²) in [5.41, 5.74) is 4.18. The summed E-state index contributed by atoms with van der Waals surface area (Å²) in [6, 6.07) is 6.74. The van der Waals surface area contributed by atoms with Gasteiger partial charge in [0.1, 0.15) is 0 Å². The van der Waals surface area contributed by atoms with E-state index in [1.165, 1.54) is 29.5 Å². The maximum Gasteiger partial charge on any atom is 0.0282 e. The van der Waals surface area contributed by atoms with Crippen molar-refractivity contribution in [2.45, 2.75) is 38.0 Å². The van der Waals surface area contributed by atoms with Crippen LogP contribution in [0.1, 0.15) is 29.5 Å². The third kappa shape index (κ3) is 2.80. The standard InChI is InChI=1S/C14H21NS/c1-11-4-5-13(8-12(11)2)9-15-10-14(16-3)6-7-14/h4-5,8,15H,6-7,9-10H2,1-3H3. The maximum absolute atomic E-state index is 3.58. The first-order valence-electron chi connectivity index (χ1n) is 5.97. The van der Waals surface area contributed by atoms with Gasteiger partial charge in [-0.3, -0.25) is 0 Å². The van der Waals surface area contributed by atoms with Crippen molar-refractivity contribution >= 4 is 11.8 Å². The Bertz CT molecular complexity index is 369. The molecule has 2 rings (SSSR count). The molecule has 1 aliphatic rings. The Kier molecular flexibility index (Phi) is 3.60. The Labute approximate surface area is 103 Å². The lowest BCUT2D eigenvalue weighted by Crippen LogP contribution is -2.25. The highest BCUT2D eigenvalue weighted by molar-refractivity contribution is 8.00. The molecule has 1 N–H and O–H groups in total. The molecule has 16 heavy (non-hydrogen) atoms. The highest BCUT2D eigenvalue weighted by Gasteiger charge is 2.41. The summed E-state index contributed by atoms with van der Waals surface area (Å²) in [4.78, 5) is 0. The van der Waals surface area contributed by atoms with Crippen LogP contribution in [0.15, 0.2) is 18.2 Å². The Morgan fingerprint density at radius 2 is 2.00 bits per heavy atom. The second-order valence-electron chi connectivity index (χ2n) is 4.91. The largest absolute Gasteiger partial charge is 0.311 e. The third-order valence-electron chi connectivity index (χ3n) is 3.59. The van der Waals surface area contributed by atoms with Gasteiger partial charge in [0.05, 0.1) is 0 Å². The molecule has 0 aliphatic heterocycles. The molecule has 88 valence electrons. The van der Waals surface area contributed by atoms with Crippen LogP contribution in [0.25, 0.3) is 0 Å². The van der Waals surface area contributed by atoms with Gasteiger partial charge < -0.3 is 5.32 Å². The van der Waals surface area contributed by atoms with Crippen molar-refractivity contribution in [2.24, 2.45) is 0 Å². The summed E-state index contributed by atoms with van der Waals surface area (Å²) in [6.07, 6.45) is 4.99. The van der Waals surface area contributed by atoms with Gasteiger partial charge in [-0.25, -0.2) is 0 Å². The number of rotatable bonds is 5. The first-order chi connectivity index (χ1) is 7.65. The molecule has 0 spiro atoms. The molecular formula is C14H21NS. The van der Waals surface area contributed by atoms with Crippen molar-refractivity contribution in [3.63, 3.8) is 0 Å². The van der Waals surface area contributed by atoms with E-state index in [4.69, 9.17) is 0 Å². The zero-order valence-corrected chi connectivity index (χ0v) is 11.3. The van der Waals surface area contributed by atoms with Crippen molar-refractivity contribution in [1.82, 2.24) is 5.32 Å². The van der Waals surface area contributed by atoms with Crippen LogP contribution in [-0.4, -0.2) is 17.5 Å². The molecule has 1 fully saturated rings. The molecule has 0 radical (unpaired) electrons. The number of nitrogens with one attached hydrogen (secondary N) is 1. The smallest absolute Gasteiger partial charge is 0.0282 e. The van der Waals surface area contributed by atoms with Gasteiger partial charge in [-0.15, -0.1) is 0 Å². The molecule has 0 atom stereocenters. The molecule has 1 saturated carbocycles. The zero-order chi connectivity index (χ0) is 11.6. The van der Waals surface area contributed by atoms with Gasteiger partial charge in [0.25, 0.3) is 0 Å². The van der Waals surface area contributed by atoms with Gasteiger partial charge in [0, 0.05) is 17.8 Å². The minimum absolute atomic E-state index is 0.569. The van der Waals surface area contributed by atoms with E-state index in [1.54, 1.807) is 0 Å². The van der Waals surface area contributed by atoms with E-state index < -0.39 is 0 Å². The number of benzene rings is 1. The van der Waals surface area contributed by atoms with Crippen molar-refractivity contribution in [1.29, 1.82) is 0 Å². The van der Waals surface area contributed by atoms with Gasteiger partial charge >= 0.3 is 0 Å². The zero-order valence-electron chi connectivity index (χ0n) is 10.5. The van der Waals surface area contributed by atoms with E-state index in [0.717, 1.165) is 13.1 Å². The summed E-state index contributed by atoms with van der Waals surface area (Å²) in [7, 11) is 0. The van der Waals surface area contributed by atoms with Crippen molar-refractivity contribution in [3.8, 4) is 0 Å². The fourth-order valence-electron chi connectivity index (χ4n) is 1.94. The minimum atomic E-state index is 0.569. The number of aryl methyl sites for hydroxylation is 2. The fraction of sp³-hybridized carbons (Fsp3) is 0.571. The van der Waals surface area contributed by atoms with E-state index in [0.29, 0.717) is 4.75 Å². The van der Waals surface area contributed by atoms with Crippen molar-refractivity contribution < 1.29 is 0 Å². The molecule has 0 amide bonds. The van der Waals surface area contributed by atoms with Crippen LogP contribution < -0.4 is 5.32 Å². The van der Waals surface area contributed by atoms with E-state index in [2.05, 4.69) is 43.6 Å². The van der Waals surface area contributed by atoms with E-state index in [1.807, 2.05) is 11.8 Å². The van der Waals surface area contributed by atoms with E-state index in [9.17, 15) is 0 Å². The molecule has 1 aromatic rings. The first kappa shape index (κ1) is 12.0. The molecular weight excluding hydrogens is 214 g/mol. The fourth-order valence-corrected chi connectivity index (χ4v) is 2.70. The summed E-state index contributed by atoms with van der Waals surface area (Å²) in [5, 5.41) is 3.58. The van der Waals surface area contributed by atoms with Gasteiger partial charge in [-0.2, -0.15) is 11.8 Å². The number of hydrogen-bond acceptors (Lipinski definition) is 2. The van der Waals surface area contributed by atoms with Crippen LogP contribution in [0.4, 0.5) is 0 Å². The van der Waals surface area contributed by atoms with E-state index in [-0.39, 0.29) is 0 Å². The quantitative estimate of drug-likeness (QED) is 0.840. The van der Waals surface area contributed by atoms with Crippen LogP contribution in [0, 0.1) is 13.8 Å². The lowest BCUT2D eigenvalue weighted by atomic mass is 10.1. The molecule has 0 heterocycles. The highest BCUT2D eigenvalue weighted by Crippen LogP contribution is 2.46. The Hall–Kier alpha value is -0.470. The molecule has 1 nitrogen and oxygen atoms in total. The number of hydrogen-bond donors (Lipinski definition) is 1. The summed E-state index contributed by atoms with van der Waals surface area (Å²) >= 11 is 2.02. The van der Waals surface area contributed by atoms with E-state index >= 15 is 0 Å². The molecule has 0 bridgehead atoms. The Balaban J connectivity index is 1.83. The summed E-state index contributed by atoms with van der Waals surface area (Å²) < 4.78 is 0.569. The maximum atomic E-state index is 3.58. The Morgan fingerprint density at radius 3 is 2.56 bits per heavy atom. The predicted molar refractivity (Wildman–Crippen MR) is 73.1 cm³/mol. The second-order valence-corrected chi connectivity index (χ2v) is 6.18. The van der Waals surface area contributed by atoms with Crippen LogP contribution in [0.5, 0.6) is 0 Å². The predicted octanol–water partition coefficient (Wildman–Crippen LogP) is 3.29. The lowest BCUT2D eigenvalue weighted by Gasteiger charge is -2.13.